The standard InChI is InChI=1S/C19H22N2O7S/c1-19(2,3)28-17(22)10-11-27-14-5-7-15(8-6-14)29(25,26)21-16-9-4-13(12-20-16)18(23)24/h4-9,12H,10-11H2,1-3H3,(H,20,21)(H,23,24). The molecule has 1 aromatic heterocycles. The fourth-order valence-corrected chi connectivity index (χ4v) is 3.15. The molecule has 156 valence electrons. The number of nitrogens with zero attached hydrogens (tertiary/aromatic N) is 1. The first-order valence-corrected chi connectivity index (χ1v) is 10.1. The lowest BCUT2D eigenvalue weighted by molar-refractivity contribution is -0.155. The van der Waals surface area contributed by atoms with E-state index in [0.717, 1.165) is 6.20 Å². The smallest absolute Gasteiger partial charge is 0.337 e. The van der Waals surface area contributed by atoms with Crippen molar-refractivity contribution >= 4 is 27.8 Å². The largest absolute Gasteiger partial charge is 0.493 e. The zero-order valence-corrected chi connectivity index (χ0v) is 17.0. The topological polar surface area (TPSA) is 132 Å². The number of aromatic carboxylic acids is 1. The molecule has 0 saturated heterocycles. The molecule has 9 nitrogen and oxygen atoms in total. The summed E-state index contributed by atoms with van der Waals surface area (Å²) in [6.07, 6.45) is 1.12. The molecular formula is C19H22N2O7S. The van der Waals surface area contributed by atoms with Crippen LogP contribution in [0.2, 0.25) is 0 Å². The van der Waals surface area contributed by atoms with Crippen LogP contribution in [0.1, 0.15) is 37.6 Å². The van der Waals surface area contributed by atoms with Gasteiger partial charge in [0.1, 0.15) is 17.2 Å². The number of esters is 1. The van der Waals surface area contributed by atoms with Gasteiger partial charge in [-0.15, -0.1) is 0 Å². The molecule has 0 saturated carbocycles. The number of pyridine rings is 1. The Morgan fingerprint density at radius 1 is 1.10 bits per heavy atom. The molecule has 0 fully saturated rings. The summed E-state index contributed by atoms with van der Waals surface area (Å²) in [5.74, 6) is -1.15. The Bertz CT molecular complexity index is 963. The van der Waals surface area contributed by atoms with E-state index in [9.17, 15) is 18.0 Å². The molecule has 0 aliphatic heterocycles. The summed E-state index contributed by atoms with van der Waals surface area (Å²) in [6.45, 7) is 5.41. The highest BCUT2D eigenvalue weighted by atomic mass is 32.2. The Morgan fingerprint density at radius 3 is 2.28 bits per heavy atom. The molecule has 0 bridgehead atoms. The number of anilines is 1. The number of nitrogens with one attached hydrogen (secondary N) is 1. The minimum Gasteiger partial charge on any atom is -0.493 e. The van der Waals surface area contributed by atoms with Crippen molar-refractivity contribution in [2.75, 3.05) is 11.3 Å². The molecule has 0 amide bonds. The van der Waals surface area contributed by atoms with Crippen molar-refractivity contribution in [1.29, 1.82) is 0 Å². The van der Waals surface area contributed by atoms with E-state index in [2.05, 4.69) is 9.71 Å². The van der Waals surface area contributed by atoms with Gasteiger partial charge in [0.05, 0.1) is 23.5 Å². The highest BCUT2D eigenvalue weighted by Gasteiger charge is 2.17. The first-order valence-electron chi connectivity index (χ1n) is 8.63. The van der Waals surface area contributed by atoms with Crippen LogP contribution in [0.5, 0.6) is 5.75 Å². The molecule has 1 heterocycles. The van der Waals surface area contributed by atoms with Gasteiger partial charge in [-0.2, -0.15) is 0 Å². The molecule has 29 heavy (non-hydrogen) atoms. The number of carboxylic acid groups (broad SMARTS) is 1. The van der Waals surface area contributed by atoms with Crippen LogP contribution in [-0.4, -0.2) is 42.7 Å². The summed E-state index contributed by atoms with van der Waals surface area (Å²) in [7, 11) is -3.91. The minimum absolute atomic E-state index is 0.00677. The van der Waals surface area contributed by atoms with Crippen molar-refractivity contribution in [2.24, 2.45) is 0 Å². The SMILES string of the molecule is CC(C)(C)OC(=O)CCOc1ccc(S(=O)(=O)Nc2ccc(C(=O)O)cn2)cc1. The molecule has 1 aromatic carbocycles. The molecular weight excluding hydrogens is 400 g/mol. The fraction of sp³-hybridized carbons (Fsp3) is 0.316. The van der Waals surface area contributed by atoms with Gasteiger partial charge in [0, 0.05) is 6.20 Å². The first kappa shape index (κ1) is 22.2. The number of sulfonamides is 1. The monoisotopic (exact) mass is 422 g/mol. The summed E-state index contributed by atoms with van der Waals surface area (Å²) in [4.78, 5) is 26.2. The molecule has 0 aliphatic rings. The zero-order valence-electron chi connectivity index (χ0n) is 16.2. The Morgan fingerprint density at radius 2 is 1.76 bits per heavy atom. The maximum atomic E-state index is 12.4. The van der Waals surface area contributed by atoms with Crippen LogP contribution in [0.25, 0.3) is 0 Å². The fourth-order valence-electron chi connectivity index (χ4n) is 2.14. The van der Waals surface area contributed by atoms with E-state index >= 15 is 0 Å². The summed E-state index contributed by atoms with van der Waals surface area (Å²) < 4.78 is 37.7. The van der Waals surface area contributed by atoms with Crippen molar-refractivity contribution < 1.29 is 32.6 Å². The average molecular weight is 422 g/mol. The van der Waals surface area contributed by atoms with E-state index in [0.29, 0.717) is 5.75 Å². The highest BCUT2D eigenvalue weighted by molar-refractivity contribution is 7.92. The van der Waals surface area contributed by atoms with E-state index in [-0.39, 0.29) is 35.3 Å². The molecule has 0 unspecified atom stereocenters. The van der Waals surface area contributed by atoms with Gasteiger partial charge in [-0.05, 0) is 57.2 Å². The quantitative estimate of drug-likeness (QED) is 0.621. The second-order valence-electron chi connectivity index (χ2n) is 7.00. The zero-order chi connectivity index (χ0) is 21.7. The lowest BCUT2D eigenvalue weighted by Crippen LogP contribution is -2.24. The van der Waals surface area contributed by atoms with Gasteiger partial charge in [0.15, 0.2) is 0 Å². The van der Waals surface area contributed by atoms with Gasteiger partial charge in [-0.3, -0.25) is 9.52 Å². The molecule has 0 radical (unpaired) electrons. The molecule has 2 rings (SSSR count). The number of hydrogen-bond acceptors (Lipinski definition) is 7. The Balaban J connectivity index is 1.94. The third kappa shape index (κ3) is 7.07. The van der Waals surface area contributed by atoms with Crippen molar-refractivity contribution in [3.63, 3.8) is 0 Å². The molecule has 0 atom stereocenters. The van der Waals surface area contributed by atoms with Crippen molar-refractivity contribution in [1.82, 2.24) is 4.98 Å². The number of carboxylic acids is 1. The number of aromatic nitrogens is 1. The van der Waals surface area contributed by atoms with Crippen molar-refractivity contribution in [3.8, 4) is 5.75 Å². The molecule has 10 heteroatoms. The van der Waals surface area contributed by atoms with Crippen molar-refractivity contribution in [3.05, 3.63) is 48.2 Å². The maximum absolute atomic E-state index is 12.4. The molecule has 2 aromatic rings. The summed E-state index contributed by atoms with van der Waals surface area (Å²) in [5.41, 5.74) is -0.621. The van der Waals surface area contributed by atoms with Gasteiger partial charge >= 0.3 is 11.9 Å². The number of carbonyl (C=O) groups is 2. The number of ether oxygens (including phenoxy) is 2. The second-order valence-corrected chi connectivity index (χ2v) is 8.68. The van der Waals surface area contributed by atoms with Crippen LogP contribution in [0, 0.1) is 0 Å². The van der Waals surface area contributed by atoms with Crippen LogP contribution in [0.3, 0.4) is 0 Å². The van der Waals surface area contributed by atoms with E-state index in [1.54, 1.807) is 20.8 Å². The predicted octanol–water partition coefficient (Wildman–Crippen LogP) is 2.69. The van der Waals surface area contributed by atoms with E-state index < -0.39 is 21.6 Å². The van der Waals surface area contributed by atoms with E-state index in [4.69, 9.17) is 14.6 Å². The Kier molecular flexibility index (Phi) is 6.80. The number of benzene rings is 1. The van der Waals surface area contributed by atoms with Crippen LogP contribution in [0.4, 0.5) is 5.82 Å². The third-order valence-electron chi connectivity index (χ3n) is 3.38. The van der Waals surface area contributed by atoms with Gasteiger partial charge in [0.2, 0.25) is 0 Å². The summed E-state index contributed by atoms with van der Waals surface area (Å²) >= 11 is 0. The van der Waals surface area contributed by atoms with Gasteiger partial charge in [0.25, 0.3) is 10.0 Å². The second kappa shape index (κ2) is 8.91. The number of carbonyl (C=O) groups excluding carboxylic acids is 1. The number of hydrogen-bond donors (Lipinski definition) is 2. The van der Waals surface area contributed by atoms with E-state index in [1.807, 2.05) is 0 Å². The van der Waals surface area contributed by atoms with Crippen LogP contribution >= 0.6 is 0 Å². The molecule has 0 aliphatic carbocycles. The van der Waals surface area contributed by atoms with Gasteiger partial charge in [-0.1, -0.05) is 0 Å². The van der Waals surface area contributed by atoms with Crippen LogP contribution in [-0.2, 0) is 19.6 Å². The first-order chi connectivity index (χ1) is 13.5. The Labute approximate surface area is 168 Å². The molecule has 2 N–H and O–H groups in total. The lowest BCUT2D eigenvalue weighted by Gasteiger charge is -2.19. The third-order valence-corrected chi connectivity index (χ3v) is 4.75. The van der Waals surface area contributed by atoms with Gasteiger partial charge < -0.3 is 14.6 Å². The maximum Gasteiger partial charge on any atom is 0.337 e. The van der Waals surface area contributed by atoms with Crippen molar-refractivity contribution in [2.45, 2.75) is 37.7 Å². The highest BCUT2D eigenvalue weighted by Crippen LogP contribution is 2.19. The lowest BCUT2D eigenvalue weighted by atomic mass is 10.2. The summed E-state index contributed by atoms with van der Waals surface area (Å²) in [6, 6.07) is 8.12. The minimum atomic E-state index is -3.91. The normalized spacial score (nSPS) is 11.6. The van der Waals surface area contributed by atoms with Crippen LogP contribution in [0.15, 0.2) is 47.5 Å². The molecule has 0 spiro atoms. The number of rotatable bonds is 8. The van der Waals surface area contributed by atoms with E-state index in [1.165, 1.54) is 36.4 Å². The average Bonchev–Trinajstić information content (AvgIpc) is 2.61. The van der Waals surface area contributed by atoms with Gasteiger partial charge in [-0.25, -0.2) is 18.2 Å². The predicted molar refractivity (Wildman–Crippen MR) is 104 cm³/mol. The summed E-state index contributed by atoms with van der Waals surface area (Å²) in [5, 5.41) is 8.84. The Hall–Kier alpha value is -3.14. The van der Waals surface area contributed by atoms with Crippen LogP contribution < -0.4 is 9.46 Å².